The van der Waals surface area contributed by atoms with Gasteiger partial charge in [0.05, 0.1) is 11.4 Å². The second-order valence-corrected chi connectivity index (χ2v) is 5.48. The van der Waals surface area contributed by atoms with E-state index in [0.717, 1.165) is 29.3 Å². The number of aryl methyl sites for hydroxylation is 2. The number of aromatic nitrogens is 1. The Hall–Kier alpha value is -0.970. The molecule has 1 N–H and O–H groups in total. The van der Waals surface area contributed by atoms with Crippen molar-refractivity contribution in [2.24, 2.45) is 5.92 Å². The third-order valence-corrected chi connectivity index (χ3v) is 3.33. The van der Waals surface area contributed by atoms with Gasteiger partial charge in [-0.25, -0.2) is 0 Å². The zero-order valence-electron chi connectivity index (χ0n) is 10.9. The predicted octanol–water partition coefficient (Wildman–Crippen LogP) is 2.30. The highest BCUT2D eigenvalue weighted by Gasteiger charge is 2.10. The molecule has 1 amide bonds. The van der Waals surface area contributed by atoms with Gasteiger partial charge in [-0.1, -0.05) is 19.0 Å². The van der Waals surface area contributed by atoms with E-state index < -0.39 is 0 Å². The van der Waals surface area contributed by atoms with E-state index in [1.165, 1.54) is 0 Å². The standard InChI is InChI=1S/C12H20N2O2S/c1-8(2)5-13-12(15)7-17-6-11-9(3)14-16-10(11)4/h8H,5-7H2,1-4H3,(H,13,15). The maximum absolute atomic E-state index is 11.5. The summed E-state index contributed by atoms with van der Waals surface area (Å²) < 4.78 is 5.07. The zero-order chi connectivity index (χ0) is 12.8. The molecule has 96 valence electrons. The van der Waals surface area contributed by atoms with Gasteiger partial charge in [0.15, 0.2) is 0 Å². The summed E-state index contributed by atoms with van der Waals surface area (Å²) in [6.07, 6.45) is 0. The van der Waals surface area contributed by atoms with Gasteiger partial charge in [-0.05, 0) is 19.8 Å². The molecule has 17 heavy (non-hydrogen) atoms. The van der Waals surface area contributed by atoms with Crippen LogP contribution in [0.2, 0.25) is 0 Å². The summed E-state index contributed by atoms with van der Waals surface area (Å²) in [5.41, 5.74) is 2.02. The lowest BCUT2D eigenvalue weighted by atomic mass is 10.2. The first-order valence-electron chi connectivity index (χ1n) is 5.77. The van der Waals surface area contributed by atoms with E-state index in [0.29, 0.717) is 11.7 Å². The molecular formula is C12H20N2O2S. The molecular weight excluding hydrogens is 236 g/mol. The lowest BCUT2D eigenvalue weighted by molar-refractivity contribution is -0.118. The summed E-state index contributed by atoms with van der Waals surface area (Å²) in [5.74, 6) is 2.69. The normalized spacial score (nSPS) is 10.9. The quantitative estimate of drug-likeness (QED) is 0.848. The fraction of sp³-hybridized carbons (Fsp3) is 0.667. The Morgan fingerprint density at radius 2 is 2.18 bits per heavy atom. The van der Waals surface area contributed by atoms with Crippen molar-refractivity contribution in [2.45, 2.75) is 33.4 Å². The van der Waals surface area contributed by atoms with Gasteiger partial charge >= 0.3 is 0 Å². The molecule has 0 spiro atoms. The minimum atomic E-state index is 0.0930. The second-order valence-electron chi connectivity index (χ2n) is 4.49. The van der Waals surface area contributed by atoms with Crippen molar-refractivity contribution in [1.82, 2.24) is 10.5 Å². The maximum Gasteiger partial charge on any atom is 0.230 e. The number of carbonyl (C=O) groups excluding carboxylic acids is 1. The van der Waals surface area contributed by atoms with Crippen LogP contribution in [0.15, 0.2) is 4.52 Å². The molecule has 5 heteroatoms. The van der Waals surface area contributed by atoms with Crippen LogP contribution in [-0.2, 0) is 10.5 Å². The van der Waals surface area contributed by atoms with Crippen molar-refractivity contribution < 1.29 is 9.32 Å². The van der Waals surface area contributed by atoms with Gasteiger partial charge in [-0.15, -0.1) is 11.8 Å². The molecule has 0 aromatic carbocycles. The van der Waals surface area contributed by atoms with Crippen LogP contribution in [0.1, 0.15) is 30.9 Å². The van der Waals surface area contributed by atoms with Gasteiger partial charge in [-0.3, -0.25) is 4.79 Å². The van der Waals surface area contributed by atoms with Crippen LogP contribution in [0.25, 0.3) is 0 Å². The highest BCUT2D eigenvalue weighted by atomic mass is 32.2. The van der Waals surface area contributed by atoms with Gasteiger partial charge in [0, 0.05) is 17.9 Å². The van der Waals surface area contributed by atoms with Crippen LogP contribution in [0.3, 0.4) is 0 Å². The first-order valence-corrected chi connectivity index (χ1v) is 6.92. The molecule has 0 radical (unpaired) electrons. The van der Waals surface area contributed by atoms with E-state index in [1.54, 1.807) is 11.8 Å². The minimum absolute atomic E-state index is 0.0930. The average molecular weight is 256 g/mol. The Balaban J connectivity index is 2.26. The molecule has 0 aliphatic rings. The highest BCUT2D eigenvalue weighted by Crippen LogP contribution is 2.19. The first kappa shape index (κ1) is 14.1. The number of amides is 1. The van der Waals surface area contributed by atoms with E-state index in [1.807, 2.05) is 13.8 Å². The summed E-state index contributed by atoms with van der Waals surface area (Å²) >= 11 is 1.59. The molecule has 0 aliphatic carbocycles. The lowest BCUT2D eigenvalue weighted by Gasteiger charge is -2.07. The number of nitrogens with one attached hydrogen (secondary N) is 1. The fourth-order valence-electron chi connectivity index (χ4n) is 1.32. The van der Waals surface area contributed by atoms with Crippen LogP contribution in [-0.4, -0.2) is 23.4 Å². The van der Waals surface area contributed by atoms with Crippen LogP contribution >= 0.6 is 11.8 Å². The maximum atomic E-state index is 11.5. The Morgan fingerprint density at radius 3 is 2.71 bits per heavy atom. The van der Waals surface area contributed by atoms with Gasteiger partial charge < -0.3 is 9.84 Å². The Morgan fingerprint density at radius 1 is 1.47 bits per heavy atom. The van der Waals surface area contributed by atoms with Crippen LogP contribution in [0.5, 0.6) is 0 Å². The summed E-state index contributed by atoms with van der Waals surface area (Å²) in [6.45, 7) is 8.72. The molecule has 1 heterocycles. The molecule has 0 unspecified atom stereocenters. The Kier molecular flexibility index (Phi) is 5.55. The molecule has 1 aromatic rings. The third kappa shape index (κ3) is 4.81. The van der Waals surface area contributed by atoms with Crippen molar-refractivity contribution in [3.05, 3.63) is 17.0 Å². The summed E-state index contributed by atoms with van der Waals surface area (Å²) in [7, 11) is 0. The van der Waals surface area contributed by atoms with Crippen LogP contribution < -0.4 is 5.32 Å². The Bertz CT molecular complexity index is 355. The molecule has 4 nitrogen and oxygen atoms in total. The van der Waals surface area contributed by atoms with Crippen molar-refractivity contribution in [2.75, 3.05) is 12.3 Å². The predicted molar refractivity (Wildman–Crippen MR) is 70.0 cm³/mol. The van der Waals surface area contributed by atoms with Crippen molar-refractivity contribution in [3.8, 4) is 0 Å². The number of carbonyl (C=O) groups is 1. The number of hydrogen-bond acceptors (Lipinski definition) is 4. The first-order chi connectivity index (χ1) is 8.00. The van der Waals surface area contributed by atoms with E-state index in [-0.39, 0.29) is 5.91 Å². The topological polar surface area (TPSA) is 55.1 Å². The van der Waals surface area contributed by atoms with Crippen LogP contribution in [0.4, 0.5) is 0 Å². The fourth-order valence-corrected chi connectivity index (χ4v) is 2.33. The molecule has 0 bridgehead atoms. The SMILES string of the molecule is Cc1noc(C)c1CSCC(=O)NCC(C)C. The summed E-state index contributed by atoms with van der Waals surface area (Å²) in [5, 5.41) is 6.78. The minimum Gasteiger partial charge on any atom is -0.361 e. The van der Waals surface area contributed by atoms with Gasteiger partial charge in [-0.2, -0.15) is 0 Å². The number of hydrogen-bond donors (Lipinski definition) is 1. The summed E-state index contributed by atoms with van der Waals surface area (Å²) in [4.78, 5) is 11.5. The van der Waals surface area contributed by atoms with E-state index in [4.69, 9.17) is 4.52 Å². The van der Waals surface area contributed by atoms with Gasteiger partial charge in [0.2, 0.25) is 5.91 Å². The molecule has 0 saturated heterocycles. The second kappa shape index (κ2) is 6.69. The largest absolute Gasteiger partial charge is 0.361 e. The number of thioether (sulfide) groups is 1. The average Bonchev–Trinajstić information content (AvgIpc) is 2.57. The highest BCUT2D eigenvalue weighted by molar-refractivity contribution is 7.99. The number of rotatable bonds is 6. The van der Waals surface area contributed by atoms with E-state index >= 15 is 0 Å². The molecule has 1 aromatic heterocycles. The Labute approximate surface area is 107 Å². The monoisotopic (exact) mass is 256 g/mol. The molecule has 1 rings (SSSR count). The zero-order valence-corrected chi connectivity index (χ0v) is 11.7. The molecule has 0 saturated carbocycles. The molecule has 0 atom stereocenters. The lowest BCUT2D eigenvalue weighted by Crippen LogP contribution is -2.28. The third-order valence-electron chi connectivity index (χ3n) is 2.37. The van der Waals surface area contributed by atoms with E-state index in [9.17, 15) is 4.79 Å². The smallest absolute Gasteiger partial charge is 0.230 e. The van der Waals surface area contributed by atoms with Gasteiger partial charge in [0.25, 0.3) is 0 Å². The molecule has 0 aliphatic heterocycles. The van der Waals surface area contributed by atoms with Crippen molar-refractivity contribution >= 4 is 17.7 Å². The van der Waals surface area contributed by atoms with E-state index in [2.05, 4.69) is 24.3 Å². The number of nitrogens with zero attached hydrogens (tertiary/aromatic N) is 1. The van der Waals surface area contributed by atoms with Crippen molar-refractivity contribution in [3.63, 3.8) is 0 Å². The summed E-state index contributed by atoms with van der Waals surface area (Å²) in [6, 6.07) is 0. The van der Waals surface area contributed by atoms with Crippen LogP contribution in [0, 0.1) is 19.8 Å². The molecule has 0 fully saturated rings. The van der Waals surface area contributed by atoms with Gasteiger partial charge in [0.1, 0.15) is 5.76 Å². The van der Waals surface area contributed by atoms with Crippen molar-refractivity contribution in [1.29, 1.82) is 0 Å².